The van der Waals surface area contributed by atoms with Gasteiger partial charge < -0.3 is 9.84 Å². The van der Waals surface area contributed by atoms with E-state index in [-0.39, 0.29) is 45.4 Å². The minimum absolute atomic E-state index is 0.0246. The van der Waals surface area contributed by atoms with Gasteiger partial charge in [0.25, 0.3) is 5.91 Å². The first-order valence-corrected chi connectivity index (χ1v) is 12.3. The Hall–Kier alpha value is -4.41. The van der Waals surface area contributed by atoms with E-state index in [1.54, 1.807) is 24.3 Å². The molecule has 12 heteroatoms. The Kier molecular flexibility index (Phi) is 7.22. The van der Waals surface area contributed by atoms with Crippen LogP contribution in [0, 0.1) is 0 Å². The molecule has 3 aromatic carbocycles. The van der Waals surface area contributed by atoms with Gasteiger partial charge in [-0.2, -0.15) is 23.0 Å². The van der Waals surface area contributed by atoms with Crippen LogP contribution in [0.2, 0.25) is 10.0 Å². The van der Waals surface area contributed by atoms with Gasteiger partial charge in [-0.05, 0) is 48.0 Å². The average Bonchev–Trinajstić information content (AvgIpc) is 3.29. The zero-order valence-electron chi connectivity index (χ0n) is 20.1. The van der Waals surface area contributed by atoms with Gasteiger partial charge in [0, 0.05) is 10.4 Å². The van der Waals surface area contributed by atoms with Crippen molar-refractivity contribution in [1.82, 2.24) is 14.8 Å². The second-order valence-corrected chi connectivity index (χ2v) is 9.36. The van der Waals surface area contributed by atoms with Crippen LogP contribution in [0.5, 0.6) is 5.88 Å². The molecule has 5 rings (SSSR count). The lowest BCUT2D eigenvalue weighted by Crippen LogP contribution is -2.20. The first kappa shape index (κ1) is 27.2. The lowest BCUT2D eigenvalue weighted by molar-refractivity contribution is -0.137. The highest BCUT2D eigenvalue weighted by Crippen LogP contribution is 2.38. The number of aromatic carboxylic acids is 1. The summed E-state index contributed by atoms with van der Waals surface area (Å²) in [7, 11) is 0. The van der Waals surface area contributed by atoms with Crippen molar-refractivity contribution in [3.63, 3.8) is 0 Å². The molecule has 0 atom stereocenters. The summed E-state index contributed by atoms with van der Waals surface area (Å²) in [5.74, 6) is -2.54. The van der Waals surface area contributed by atoms with E-state index in [9.17, 15) is 27.9 Å². The lowest BCUT2D eigenvalue weighted by atomic mass is 10.1. The number of carboxylic acids is 1. The summed E-state index contributed by atoms with van der Waals surface area (Å²) in [4.78, 5) is 29.3. The highest BCUT2D eigenvalue weighted by Gasteiger charge is 2.37. The quantitative estimate of drug-likeness (QED) is 0.223. The van der Waals surface area contributed by atoms with Crippen LogP contribution in [0.3, 0.4) is 0 Å². The molecule has 0 aliphatic carbocycles. The molecule has 0 bridgehead atoms. The predicted molar refractivity (Wildman–Crippen MR) is 142 cm³/mol. The number of carbonyl (C=O) groups excluding carboxylic acids is 1. The Morgan fingerprint density at radius 3 is 2.40 bits per heavy atom. The smallest absolute Gasteiger partial charge is 0.417 e. The maximum atomic E-state index is 13.8. The van der Waals surface area contributed by atoms with Crippen molar-refractivity contribution in [3.05, 3.63) is 111 Å². The van der Waals surface area contributed by atoms with E-state index >= 15 is 0 Å². The molecule has 40 heavy (non-hydrogen) atoms. The molecular formula is C28H16Cl2F3N3O4. The van der Waals surface area contributed by atoms with Gasteiger partial charge in [0.1, 0.15) is 12.3 Å². The first-order chi connectivity index (χ1) is 19.0. The molecule has 0 saturated heterocycles. The summed E-state index contributed by atoms with van der Waals surface area (Å²) in [5.41, 5.74) is -1.13. The number of nitrogens with zero attached hydrogens (tertiary/aromatic N) is 3. The highest BCUT2D eigenvalue weighted by atomic mass is 35.5. The molecule has 2 heterocycles. The number of rotatable bonds is 6. The van der Waals surface area contributed by atoms with Crippen LogP contribution in [0.15, 0.2) is 78.9 Å². The molecule has 0 radical (unpaired) electrons. The molecule has 202 valence electrons. The monoisotopic (exact) mass is 585 g/mol. The van der Waals surface area contributed by atoms with Crippen molar-refractivity contribution in [2.75, 3.05) is 0 Å². The number of hydrogen-bond acceptors (Lipinski definition) is 5. The summed E-state index contributed by atoms with van der Waals surface area (Å²) in [6.45, 7) is 0.0246. The fraction of sp³-hybridized carbons (Fsp3) is 0.0714. The molecule has 5 aromatic rings. The van der Waals surface area contributed by atoms with Gasteiger partial charge in [-0.15, -0.1) is 0 Å². The number of carboxylic acid groups (broad SMARTS) is 1. The number of benzene rings is 3. The standard InChI is InChI=1S/C28H16Cl2F3N3O4/c29-16-9-12-22-18(13-16)24(35-36(22)26(37)23-19(28(31,32)33)7-4-8-20(23)30)17-10-11-21(27(38)39)34-25(17)40-14-15-5-2-1-3-6-15/h1-13H,14H2,(H,38,39). The van der Waals surface area contributed by atoms with E-state index in [0.717, 1.165) is 22.4 Å². The first-order valence-electron chi connectivity index (χ1n) is 11.5. The molecule has 0 aliphatic heterocycles. The Morgan fingerprint density at radius 1 is 0.950 bits per heavy atom. The minimum atomic E-state index is -4.86. The van der Waals surface area contributed by atoms with E-state index in [0.29, 0.717) is 0 Å². The highest BCUT2D eigenvalue weighted by molar-refractivity contribution is 6.34. The number of fused-ring (bicyclic) bond motifs is 1. The molecule has 0 aliphatic rings. The maximum absolute atomic E-state index is 13.8. The van der Waals surface area contributed by atoms with E-state index in [2.05, 4.69) is 10.1 Å². The van der Waals surface area contributed by atoms with Gasteiger partial charge in [-0.25, -0.2) is 9.78 Å². The molecule has 1 N–H and O–H groups in total. The van der Waals surface area contributed by atoms with Crippen LogP contribution in [0.1, 0.15) is 32.0 Å². The predicted octanol–water partition coefficient (Wildman–Crippen LogP) is 7.39. The van der Waals surface area contributed by atoms with Crippen molar-refractivity contribution in [1.29, 1.82) is 0 Å². The number of carbonyl (C=O) groups is 2. The second kappa shape index (κ2) is 10.6. The molecule has 0 fully saturated rings. The van der Waals surface area contributed by atoms with E-state index in [4.69, 9.17) is 27.9 Å². The fourth-order valence-electron chi connectivity index (χ4n) is 4.10. The Bertz CT molecular complexity index is 1770. The van der Waals surface area contributed by atoms with Crippen LogP contribution in [0.4, 0.5) is 13.2 Å². The van der Waals surface area contributed by atoms with Crippen molar-refractivity contribution < 1.29 is 32.6 Å². The molecule has 2 aromatic heterocycles. The van der Waals surface area contributed by atoms with Crippen molar-refractivity contribution in [2.45, 2.75) is 12.8 Å². The zero-order valence-corrected chi connectivity index (χ0v) is 21.6. The summed E-state index contributed by atoms with van der Waals surface area (Å²) in [6, 6.07) is 19.0. The van der Waals surface area contributed by atoms with Crippen LogP contribution >= 0.6 is 23.2 Å². The minimum Gasteiger partial charge on any atom is -0.477 e. The number of aromatic nitrogens is 3. The van der Waals surface area contributed by atoms with Gasteiger partial charge in [0.2, 0.25) is 5.88 Å². The van der Waals surface area contributed by atoms with Crippen LogP contribution in [-0.4, -0.2) is 31.7 Å². The van der Waals surface area contributed by atoms with Gasteiger partial charge in [-0.3, -0.25) is 4.79 Å². The fourth-order valence-corrected chi connectivity index (χ4v) is 4.53. The summed E-state index contributed by atoms with van der Waals surface area (Å²) < 4.78 is 48.0. The largest absolute Gasteiger partial charge is 0.477 e. The summed E-state index contributed by atoms with van der Waals surface area (Å²) in [5, 5.41) is 14.0. The second-order valence-electron chi connectivity index (χ2n) is 8.52. The maximum Gasteiger partial charge on any atom is 0.417 e. The molecule has 7 nitrogen and oxygen atoms in total. The third kappa shape index (κ3) is 5.23. The Labute approximate surface area is 234 Å². The normalized spacial score (nSPS) is 11.5. The molecule has 0 amide bonds. The average molecular weight is 586 g/mol. The summed E-state index contributed by atoms with van der Waals surface area (Å²) >= 11 is 12.3. The molecule has 0 spiro atoms. The Morgan fingerprint density at radius 2 is 1.70 bits per heavy atom. The van der Waals surface area contributed by atoms with Crippen LogP contribution in [0.25, 0.3) is 22.2 Å². The summed E-state index contributed by atoms with van der Waals surface area (Å²) in [6.07, 6.45) is -4.86. The van der Waals surface area contributed by atoms with Gasteiger partial charge in [0.05, 0.1) is 27.2 Å². The zero-order chi connectivity index (χ0) is 28.6. The van der Waals surface area contributed by atoms with Crippen molar-refractivity contribution in [2.24, 2.45) is 0 Å². The lowest BCUT2D eigenvalue weighted by Gasteiger charge is -2.13. The number of pyridine rings is 1. The van der Waals surface area contributed by atoms with Crippen LogP contribution < -0.4 is 4.74 Å². The number of halogens is 5. The van der Waals surface area contributed by atoms with Gasteiger partial charge >= 0.3 is 12.1 Å². The van der Waals surface area contributed by atoms with Gasteiger partial charge in [0.15, 0.2) is 5.69 Å². The van der Waals surface area contributed by atoms with Crippen LogP contribution in [-0.2, 0) is 12.8 Å². The number of hydrogen-bond donors (Lipinski definition) is 1. The molecule has 0 unspecified atom stereocenters. The third-order valence-electron chi connectivity index (χ3n) is 5.92. The molecule has 0 saturated carbocycles. The van der Waals surface area contributed by atoms with Crippen molar-refractivity contribution >= 4 is 46.0 Å². The van der Waals surface area contributed by atoms with Gasteiger partial charge in [-0.1, -0.05) is 59.6 Å². The topological polar surface area (TPSA) is 94.3 Å². The van der Waals surface area contributed by atoms with E-state index in [1.165, 1.54) is 36.4 Å². The van der Waals surface area contributed by atoms with Crippen molar-refractivity contribution in [3.8, 4) is 17.1 Å². The number of alkyl halides is 3. The SMILES string of the molecule is O=C(O)c1ccc(-c2nn(C(=O)c3c(Cl)cccc3C(F)(F)F)c3ccc(Cl)cc23)c(OCc2ccccc2)n1. The van der Waals surface area contributed by atoms with E-state index in [1.807, 2.05) is 6.07 Å². The van der Waals surface area contributed by atoms with E-state index < -0.39 is 34.2 Å². The third-order valence-corrected chi connectivity index (χ3v) is 6.47. The molecular weight excluding hydrogens is 570 g/mol. The number of ether oxygens (including phenoxy) is 1. The Balaban J connectivity index is 1.70.